The second-order valence-corrected chi connectivity index (χ2v) is 6.59. The highest BCUT2D eigenvalue weighted by Crippen LogP contribution is 2.32. The molecule has 2 aromatic carbocycles. The predicted molar refractivity (Wildman–Crippen MR) is 109 cm³/mol. The number of nitrogens with two attached hydrogens (primary N) is 1. The van der Waals surface area contributed by atoms with Crippen molar-refractivity contribution in [2.75, 3.05) is 7.11 Å². The van der Waals surface area contributed by atoms with Crippen molar-refractivity contribution in [3.05, 3.63) is 59.2 Å². The number of amides is 1. The van der Waals surface area contributed by atoms with E-state index in [1.165, 1.54) is 12.8 Å². The molecule has 2 aromatic rings. The molecule has 6 heteroatoms. The number of carbonyl (C=O) groups excluding carboxylic acids is 1. The molecule has 0 aliphatic heterocycles. The summed E-state index contributed by atoms with van der Waals surface area (Å²) in [6.07, 6.45) is 4.86. The van der Waals surface area contributed by atoms with E-state index in [4.69, 9.17) is 15.2 Å². The number of rotatable bonds is 7. The molecule has 3 N–H and O–H groups in total. The van der Waals surface area contributed by atoms with Gasteiger partial charge in [-0.15, -0.1) is 12.4 Å². The molecule has 5 nitrogen and oxygen atoms in total. The van der Waals surface area contributed by atoms with E-state index in [0.717, 1.165) is 35.5 Å². The lowest BCUT2D eigenvalue weighted by Gasteiger charge is -2.17. The van der Waals surface area contributed by atoms with Crippen molar-refractivity contribution in [3.63, 3.8) is 0 Å². The molecule has 1 fully saturated rings. The van der Waals surface area contributed by atoms with Crippen LogP contribution >= 0.6 is 12.4 Å². The van der Waals surface area contributed by atoms with Crippen molar-refractivity contribution in [1.29, 1.82) is 0 Å². The third-order valence-corrected chi connectivity index (χ3v) is 4.73. The van der Waals surface area contributed by atoms with Crippen molar-refractivity contribution in [2.24, 2.45) is 5.73 Å². The van der Waals surface area contributed by atoms with Crippen molar-refractivity contribution in [3.8, 4) is 11.5 Å². The highest BCUT2D eigenvalue weighted by atomic mass is 35.5. The molecule has 0 radical (unpaired) electrons. The van der Waals surface area contributed by atoms with Gasteiger partial charge in [0.15, 0.2) is 11.5 Å². The third-order valence-electron chi connectivity index (χ3n) is 4.73. The number of benzene rings is 2. The molecule has 1 amide bonds. The minimum atomic E-state index is -0.109. The first-order valence-electron chi connectivity index (χ1n) is 9.10. The fourth-order valence-corrected chi connectivity index (χ4v) is 3.19. The molecule has 1 saturated carbocycles. The van der Waals surface area contributed by atoms with Crippen molar-refractivity contribution in [2.45, 2.75) is 44.9 Å². The summed E-state index contributed by atoms with van der Waals surface area (Å²) in [6, 6.07) is 13.1. The van der Waals surface area contributed by atoms with E-state index in [-0.39, 0.29) is 24.4 Å². The molecule has 0 saturated heterocycles. The molecule has 3 rings (SSSR count). The Morgan fingerprint density at radius 3 is 2.37 bits per heavy atom. The fraction of sp³-hybridized carbons (Fsp3) is 0.381. The summed E-state index contributed by atoms with van der Waals surface area (Å²) in [4.78, 5) is 12.3. The number of hydrogen-bond acceptors (Lipinski definition) is 4. The lowest BCUT2D eigenvalue weighted by Crippen LogP contribution is -2.23. The number of carbonyl (C=O) groups is 1. The van der Waals surface area contributed by atoms with Gasteiger partial charge >= 0.3 is 0 Å². The number of halogens is 1. The number of methoxy groups -OCH3 is 1. The molecule has 0 atom stereocenters. The molecular formula is C21H27ClN2O3. The highest BCUT2D eigenvalue weighted by molar-refractivity contribution is 5.94. The molecule has 0 spiro atoms. The average molecular weight is 391 g/mol. The Hall–Kier alpha value is -2.24. The van der Waals surface area contributed by atoms with Gasteiger partial charge in [-0.05, 0) is 61.1 Å². The van der Waals surface area contributed by atoms with Gasteiger partial charge in [0.2, 0.25) is 0 Å². The first-order chi connectivity index (χ1) is 12.7. The van der Waals surface area contributed by atoms with Crippen molar-refractivity contribution >= 4 is 18.3 Å². The minimum Gasteiger partial charge on any atom is -0.493 e. The van der Waals surface area contributed by atoms with Crippen LogP contribution in [0.4, 0.5) is 0 Å². The molecule has 27 heavy (non-hydrogen) atoms. The number of nitrogens with one attached hydrogen (secondary N) is 1. The van der Waals surface area contributed by atoms with E-state index in [9.17, 15) is 4.79 Å². The summed E-state index contributed by atoms with van der Waals surface area (Å²) in [5.41, 5.74) is 8.19. The third kappa shape index (κ3) is 5.62. The van der Waals surface area contributed by atoms with Crippen molar-refractivity contribution in [1.82, 2.24) is 5.32 Å². The predicted octanol–water partition coefficient (Wildman–Crippen LogP) is 3.83. The maximum absolute atomic E-state index is 12.3. The Morgan fingerprint density at radius 2 is 1.74 bits per heavy atom. The van der Waals surface area contributed by atoms with Crippen LogP contribution in [0.1, 0.15) is 47.2 Å². The van der Waals surface area contributed by atoms with E-state index in [2.05, 4.69) is 5.32 Å². The lowest BCUT2D eigenvalue weighted by molar-refractivity contribution is 0.0950. The molecule has 0 bridgehead atoms. The Balaban J connectivity index is 0.00000261. The Kier molecular flexibility index (Phi) is 7.95. The normalized spacial score (nSPS) is 13.7. The van der Waals surface area contributed by atoms with Gasteiger partial charge in [-0.2, -0.15) is 0 Å². The van der Waals surface area contributed by atoms with Crippen LogP contribution in [-0.4, -0.2) is 19.1 Å². The fourth-order valence-electron chi connectivity index (χ4n) is 3.19. The zero-order chi connectivity index (χ0) is 18.4. The van der Waals surface area contributed by atoms with Crippen LogP contribution in [0.2, 0.25) is 0 Å². The Bertz CT molecular complexity index is 744. The van der Waals surface area contributed by atoms with Gasteiger partial charge in [-0.3, -0.25) is 4.79 Å². The maximum atomic E-state index is 12.3. The summed E-state index contributed by atoms with van der Waals surface area (Å²) in [6.45, 7) is 0.903. The van der Waals surface area contributed by atoms with E-state index >= 15 is 0 Å². The maximum Gasteiger partial charge on any atom is 0.251 e. The number of ether oxygens (including phenoxy) is 2. The van der Waals surface area contributed by atoms with Crippen LogP contribution in [-0.2, 0) is 13.1 Å². The van der Waals surface area contributed by atoms with Gasteiger partial charge in [0.05, 0.1) is 13.2 Å². The van der Waals surface area contributed by atoms with Crippen LogP contribution in [0.15, 0.2) is 42.5 Å². The zero-order valence-electron chi connectivity index (χ0n) is 15.6. The molecule has 1 aliphatic carbocycles. The van der Waals surface area contributed by atoms with Gasteiger partial charge in [0, 0.05) is 18.7 Å². The highest BCUT2D eigenvalue weighted by Gasteiger charge is 2.18. The summed E-state index contributed by atoms with van der Waals surface area (Å²) in [7, 11) is 1.64. The summed E-state index contributed by atoms with van der Waals surface area (Å²) >= 11 is 0. The summed E-state index contributed by atoms with van der Waals surface area (Å²) in [5.74, 6) is 1.37. The standard InChI is InChI=1S/C21H26N2O3.ClH/c1-25-19-11-8-16(12-20(19)26-18-4-2-3-5-18)14-23-21(24)17-9-6-15(13-22)7-10-17;/h6-12,18H,2-5,13-14,22H2,1H3,(H,23,24);1H. The first kappa shape index (κ1) is 21.1. The van der Waals surface area contributed by atoms with Gasteiger partial charge in [0.25, 0.3) is 5.91 Å². The van der Waals surface area contributed by atoms with Crippen LogP contribution in [0, 0.1) is 0 Å². The minimum absolute atomic E-state index is 0. The Morgan fingerprint density at radius 1 is 1.07 bits per heavy atom. The molecular weight excluding hydrogens is 364 g/mol. The van der Waals surface area contributed by atoms with Gasteiger partial charge < -0.3 is 20.5 Å². The van der Waals surface area contributed by atoms with Crippen LogP contribution in [0.25, 0.3) is 0 Å². The SMILES string of the molecule is COc1ccc(CNC(=O)c2ccc(CN)cc2)cc1OC1CCCC1.Cl. The molecule has 0 unspecified atom stereocenters. The van der Waals surface area contributed by atoms with Crippen LogP contribution in [0.3, 0.4) is 0 Å². The van der Waals surface area contributed by atoms with Crippen LogP contribution in [0.5, 0.6) is 11.5 Å². The van der Waals surface area contributed by atoms with Gasteiger partial charge in [-0.25, -0.2) is 0 Å². The van der Waals surface area contributed by atoms with E-state index in [1.807, 2.05) is 30.3 Å². The monoisotopic (exact) mass is 390 g/mol. The van der Waals surface area contributed by atoms with Crippen LogP contribution < -0.4 is 20.5 Å². The van der Waals surface area contributed by atoms with Crippen molar-refractivity contribution < 1.29 is 14.3 Å². The first-order valence-corrected chi connectivity index (χ1v) is 9.10. The van der Waals surface area contributed by atoms with E-state index in [0.29, 0.717) is 18.7 Å². The Labute approximate surface area is 166 Å². The van der Waals surface area contributed by atoms with Gasteiger partial charge in [-0.1, -0.05) is 18.2 Å². The molecule has 1 aliphatic rings. The van der Waals surface area contributed by atoms with E-state index < -0.39 is 0 Å². The zero-order valence-corrected chi connectivity index (χ0v) is 16.4. The number of hydrogen-bond donors (Lipinski definition) is 2. The molecule has 0 aromatic heterocycles. The molecule has 146 valence electrons. The average Bonchev–Trinajstić information content (AvgIpc) is 3.19. The molecule has 0 heterocycles. The second-order valence-electron chi connectivity index (χ2n) is 6.59. The quantitative estimate of drug-likeness (QED) is 0.753. The smallest absolute Gasteiger partial charge is 0.251 e. The topological polar surface area (TPSA) is 73.6 Å². The summed E-state index contributed by atoms with van der Waals surface area (Å²) < 4.78 is 11.5. The second kappa shape index (κ2) is 10.2. The van der Waals surface area contributed by atoms with E-state index in [1.54, 1.807) is 19.2 Å². The van der Waals surface area contributed by atoms with Gasteiger partial charge in [0.1, 0.15) is 0 Å². The summed E-state index contributed by atoms with van der Waals surface area (Å²) in [5, 5.41) is 2.94. The largest absolute Gasteiger partial charge is 0.493 e. The lowest BCUT2D eigenvalue weighted by atomic mass is 10.1.